The highest BCUT2D eigenvalue weighted by Gasteiger charge is 2.21. The van der Waals surface area contributed by atoms with Gasteiger partial charge in [-0.2, -0.15) is 0 Å². The Hall–Kier alpha value is -2.06. The molecule has 2 aromatic heterocycles. The summed E-state index contributed by atoms with van der Waals surface area (Å²) >= 11 is 2.97. The van der Waals surface area contributed by atoms with Crippen LogP contribution in [0.3, 0.4) is 0 Å². The molecule has 1 aliphatic carbocycles. The zero-order chi connectivity index (χ0) is 17.4. The van der Waals surface area contributed by atoms with Crippen LogP contribution in [0.15, 0.2) is 29.6 Å². The third-order valence-corrected chi connectivity index (χ3v) is 6.20. The summed E-state index contributed by atoms with van der Waals surface area (Å²) in [5, 5.41) is 4.20. The molecular formula is C17H13F2N3OS2. The number of hydrogen-bond acceptors (Lipinski definition) is 5. The summed E-state index contributed by atoms with van der Waals surface area (Å²) in [5.74, 6) is -1.61. The fourth-order valence-corrected chi connectivity index (χ4v) is 5.04. The smallest absolute Gasteiger partial charge is 0.234 e. The van der Waals surface area contributed by atoms with Crippen molar-refractivity contribution in [1.82, 2.24) is 9.97 Å². The van der Waals surface area contributed by atoms with Crippen LogP contribution in [0.2, 0.25) is 0 Å². The average Bonchev–Trinajstić information content (AvgIpc) is 3.17. The molecule has 8 heteroatoms. The number of carbonyl (C=O) groups excluding carboxylic acids is 1. The molecule has 0 saturated heterocycles. The van der Waals surface area contributed by atoms with Crippen molar-refractivity contribution in [2.45, 2.75) is 24.3 Å². The van der Waals surface area contributed by atoms with Crippen molar-refractivity contribution in [3.8, 4) is 0 Å². The molecule has 4 nitrogen and oxygen atoms in total. The monoisotopic (exact) mass is 377 g/mol. The van der Waals surface area contributed by atoms with Crippen LogP contribution >= 0.6 is 23.1 Å². The average molecular weight is 377 g/mol. The Labute approximate surface area is 150 Å². The molecule has 1 amide bonds. The Bertz CT molecular complexity index is 974. The van der Waals surface area contributed by atoms with Crippen LogP contribution in [0, 0.1) is 11.6 Å². The van der Waals surface area contributed by atoms with Gasteiger partial charge in [0.25, 0.3) is 0 Å². The van der Waals surface area contributed by atoms with Gasteiger partial charge in [0.15, 0.2) is 0 Å². The number of aryl methyl sites for hydroxylation is 2. The molecule has 1 N–H and O–H groups in total. The lowest BCUT2D eigenvalue weighted by molar-refractivity contribution is -0.113. The van der Waals surface area contributed by atoms with Gasteiger partial charge in [0.2, 0.25) is 5.91 Å². The molecular weight excluding hydrogens is 364 g/mol. The fourth-order valence-electron chi connectivity index (χ4n) is 2.92. The number of halogens is 2. The van der Waals surface area contributed by atoms with Gasteiger partial charge in [-0.25, -0.2) is 18.7 Å². The van der Waals surface area contributed by atoms with E-state index in [1.54, 1.807) is 11.3 Å². The number of thioether (sulfide) groups is 1. The second-order valence-corrected chi connectivity index (χ2v) is 7.73. The summed E-state index contributed by atoms with van der Waals surface area (Å²) in [6.07, 6.45) is 4.71. The van der Waals surface area contributed by atoms with Gasteiger partial charge in [-0.1, -0.05) is 11.8 Å². The molecule has 0 unspecified atom stereocenters. The van der Waals surface area contributed by atoms with Crippen LogP contribution in [0.25, 0.3) is 10.2 Å². The SMILES string of the molecule is O=C(CSc1ncnc2sc3c(c12)CCC3)Nc1cc(F)ccc1F. The highest BCUT2D eigenvalue weighted by Crippen LogP contribution is 2.39. The van der Waals surface area contributed by atoms with Gasteiger partial charge in [0, 0.05) is 16.3 Å². The van der Waals surface area contributed by atoms with E-state index in [0.29, 0.717) is 0 Å². The molecule has 0 bridgehead atoms. The number of anilines is 1. The lowest BCUT2D eigenvalue weighted by Gasteiger charge is -2.07. The molecule has 2 heterocycles. The molecule has 0 radical (unpaired) electrons. The van der Waals surface area contributed by atoms with Crippen molar-refractivity contribution in [3.05, 3.63) is 46.6 Å². The number of thiophene rings is 1. The first kappa shape index (κ1) is 16.4. The van der Waals surface area contributed by atoms with Crippen molar-refractivity contribution in [1.29, 1.82) is 0 Å². The van der Waals surface area contributed by atoms with Crippen molar-refractivity contribution >= 4 is 44.9 Å². The van der Waals surface area contributed by atoms with E-state index < -0.39 is 17.5 Å². The predicted octanol–water partition coefficient (Wildman–Crippen LogP) is 4.19. The van der Waals surface area contributed by atoms with Gasteiger partial charge in [-0.05, 0) is 37.0 Å². The maximum atomic E-state index is 13.6. The number of nitrogens with zero attached hydrogens (tertiary/aromatic N) is 2. The molecule has 0 spiro atoms. The number of fused-ring (bicyclic) bond motifs is 3. The number of benzene rings is 1. The molecule has 0 aliphatic heterocycles. The first-order valence-corrected chi connectivity index (χ1v) is 9.55. The standard InChI is InChI=1S/C17H13F2N3OS2/c18-9-4-5-11(19)12(6-9)22-14(23)7-24-16-15-10-2-1-3-13(10)25-17(15)21-8-20-16/h4-6,8H,1-3,7H2,(H,22,23). The van der Waals surface area contributed by atoms with Gasteiger partial charge in [-0.15, -0.1) is 11.3 Å². The number of rotatable bonds is 4. The minimum absolute atomic E-state index is 0.0622. The Morgan fingerprint density at radius 3 is 3.04 bits per heavy atom. The molecule has 4 rings (SSSR count). The lowest BCUT2D eigenvalue weighted by Crippen LogP contribution is -2.15. The first-order valence-electron chi connectivity index (χ1n) is 7.75. The fraction of sp³-hybridized carbons (Fsp3) is 0.235. The molecule has 25 heavy (non-hydrogen) atoms. The second-order valence-electron chi connectivity index (χ2n) is 5.68. The van der Waals surface area contributed by atoms with Crippen LogP contribution in [0.5, 0.6) is 0 Å². The molecule has 128 valence electrons. The first-order chi connectivity index (χ1) is 12.1. The van der Waals surface area contributed by atoms with E-state index in [1.165, 1.54) is 28.5 Å². The molecule has 1 aliphatic rings. The number of carbonyl (C=O) groups is 1. The summed E-state index contributed by atoms with van der Waals surface area (Å²) in [6.45, 7) is 0. The van der Waals surface area contributed by atoms with Gasteiger partial charge in [0.1, 0.15) is 27.8 Å². The molecule has 0 saturated carbocycles. The topological polar surface area (TPSA) is 54.9 Å². The molecule has 3 aromatic rings. The van der Waals surface area contributed by atoms with Crippen molar-refractivity contribution in [2.24, 2.45) is 0 Å². The Kier molecular flexibility index (Phi) is 4.39. The second kappa shape index (κ2) is 6.68. The predicted molar refractivity (Wildman–Crippen MR) is 95.2 cm³/mol. The van der Waals surface area contributed by atoms with E-state index in [-0.39, 0.29) is 11.4 Å². The summed E-state index contributed by atoms with van der Waals surface area (Å²) in [5.41, 5.74) is 1.13. The maximum Gasteiger partial charge on any atom is 0.234 e. The number of aromatic nitrogens is 2. The van der Waals surface area contributed by atoms with Crippen LogP contribution in [-0.4, -0.2) is 21.6 Å². The summed E-state index contributed by atoms with van der Waals surface area (Å²) < 4.78 is 26.8. The minimum Gasteiger partial charge on any atom is -0.323 e. The zero-order valence-corrected chi connectivity index (χ0v) is 14.6. The van der Waals surface area contributed by atoms with Crippen LogP contribution in [0.1, 0.15) is 16.9 Å². The Balaban J connectivity index is 1.51. The largest absolute Gasteiger partial charge is 0.323 e. The zero-order valence-electron chi connectivity index (χ0n) is 13.0. The van der Waals surface area contributed by atoms with Crippen molar-refractivity contribution in [2.75, 3.05) is 11.1 Å². The van der Waals surface area contributed by atoms with Crippen LogP contribution in [-0.2, 0) is 17.6 Å². The number of hydrogen-bond donors (Lipinski definition) is 1. The van der Waals surface area contributed by atoms with E-state index in [4.69, 9.17) is 0 Å². The van der Waals surface area contributed by atoms with E-state index in [1.807, 2.05) is 0 Å². The number of nitrogens with one attached hydrogen (secondary N) is 1. The molecule has 1 aromatic carbocycles. The quantitative estimate of drug-likeness (QED) is 0.547. The van der Waals surface area contributed by atoms with Crippen molar-refractivity contribution < 1.29 is 13.6 Å². The number of amides is 1. The van der Waals surface area contributed by atoms with Crippen LogP contribution < -0.4 is 5.32 Å². The van der Waals surface area contributed by atoms with Crippen LogP contribution in [0.4, 0.5) is 14.5 Å². The minimum atomic E-state index is -0.667. The van der Waals surface area contributed by atoms with Gasteiger partial charge >= 0.3 is 0 Å². The normalized spacial score (nSPS) is 13.2. The Morgan fingerprint density at radius 2 is 2.16 bits per heavy atom. The summed E-state index contributed by atoms with van der Waals surface area (Å²) in [4.78, 5) is 23.0. The molecule has 0 fully saturated rings. The third-order valence-electron chi connectivity index (χ3n) is 4.01. The third kappa shape index (κ3) is 3.23. The van der Waals surface area contributed by atoms with E-state index in [9.17, 15) is 13.6 Å². The van der Waals surface area contributed by atoms with Crippen molar-refractivity contribution in [3.63, 3.8) is 0 Å². The molecule has 0 atom stereocenters. The summed E-state index contributed by atoms with van der Waals surface area (Å²) in [7, 11) is 0. The Morgan fingerprint density at radius 1 is 1.28 bits per heavy atom. The van der Waals surface area contributed by atoms with E-state index in [0.717, 1.165) is 52.7 Å². The van der Waals surface area contributed by atoms with Gasteiger partial charge < -0.3 is 5.32 Å². The highest BCUT2D eigenvalue weighted by atomic mass is 32.2. The van der Waals surface area contributed by atoms with E-state index in [2.05, 4.69) is 15.3 Å². The lowest BCUT2D eigenvalue weighted by atomic mass is 10.2. The van der Waals surface area contributed by atoms with E-state index >= 15 is 0 Å². The maximum absolute atomic E-state index is 13.6. The van der Waals surface area contributed by atoms with Gasteiger partial charge in [0.05, 0.1) is 11.4 Å². The van der Waals surface area contributed by atoms with Gasteiger partial charge in [-0.3, -0.25) is 4.79 Å². The highest BCUT2D eigenvalue weighted by molar-refractivity contribution is 8.00. The summed E-state index contributed by atoms with van der Waals surface area (Å²) in [6, 6.07) is 2.96.